The van der Waals surface area contributed by atoms with Gasteiger partial charge in [-0.3, -0.25) is 10.1 Å². The molecule has 0 radical (unpaired) electrons. The molecule has 0 saturated heterocycles. The van der Waals surface area contributed by atoms with E-state index in [1.165, 1.54) is 17.4 Å². The van der Waals surface area contributed by atoms with E-state index in [1.807, 2.05) is 18.2 Å². The zero-order valence-corrected chi connectivity index (χ0v) is 18.0. The summed E-state index contributed by atoms with van der Waals surface area (Å²) in [6.45, 7) is 2.15. The first-order valence-electron chi connectivity index (χ1n) is 10.7. The fraction of sp³-hybridized carbons (Fsp3) is 0.0741. The molecule has 6 nitrogen and oxygen atoms in total. The third-order valence-corrected chi connectivity index (χ3v) is 5.42. The van der Waals surface area contributed by atoms with Crippen molar-refractivity contribution in [2.75, 3.05) is 5.32 Å². The molecule has 1 N–H and O–H groups in total. The molecule has 3 aromatic carbocycles. The van der Waals surface area contributed by atoms with Crippen molar-refractivity contribution in [3.63, 3.8) is 0 Å². The number of nitrogens with one attached hydrogen (secondary N) is 1. The van der Waals surface area contributed by atoms with Crippen molar-refractivity contribution < 1.29 is 13.6 Å². The van der Waals surface area contributed by atoms with Gasteiger partial charge in [0.25, 0.3) is 11.8 Å². The van der Waals surface area contributed by atoms with Crippen molar-refractivity contribution in [3.05, 3.63) is 102 Å². The van der Waals surface area contributed by atoms with Crippen LogP contribution in [0.5, 0.6) is 0 Å². The number of hydrogen-bond donors (Lipinski definition) is 1. The smallest absolute Gasteiger partial charge is 0.322 e. The van der Waals surface area contributed by atoms with Crippen molar-refractivity contribution in [1.29, 1.82) is 0 Å². The lowest BCUT2D eigenvalue weighted by Crippen LogP contribution is -2.12. The minimum Gasteiger partial charge on any atom is -0.459 e. The SMILES string of the molecule is CCc1ccc(-c2ccc(-c3cccc(C(=O)Nc4nnc(-c5ccco5)o4)c3)cc2)cc1. The number of anilines is 1. The highest BCUT2D eigenvalue weighted by Gasteiger charge is 2.14. The number of furan rings is 1. The molecule has 0 aliphatic rings. The Hall–Kier alpha value is -4.45. The van der Waals surface area contributed by atoms with E-state index in [-0.39, 0.29) is 17.8 Å². The first-order chi connectivity index (χ1) is 16.2. The number of hydrogen-bond acceptors (Lipinski definition) is 5. The van der Waals surface area contributed by atoms with Crippen LogP contribution in [0, 0.1) is 0 Å². The fourth-order valence-corrected chi connectivity index (χ4v) is 3.57. The zero-order valence-electron chi connectivity index (χ0n) is 18.0. The second kappa shape index (κ2) is 8.96. The van der Waals surface area contributed by atoms with Gasteiger partial charge < -0.3 is 8.83 Å². The summed E-state index contributed by atoms with van der Waals surface area (Å²) in [5.74, 6) is 0.308. The second-order valence-corrected chi connectivity index (χ2v) is 7.55. The number of aromatic nitrogens is 2. The lowest BCUT2D eigenvalue weighted by atomic mass is 9.98. The average molecular weight is 435 g/mol. The predicted octanol–water partition coefficient (Wildman–Crippen LogP) is 6.48. The largest absolute Gasteiger partial charge is 0.459 e. The van der Waals surface area contributed by atoms with Crippen LogP contribution in [0.15, 0.2) is 100 Å². The molecular weight excluding hydrogens is 414 g/mol. The highest BCUT2D eigenvalue weighted by atomic mass is 16.4. The third-order valence-electron chi connectivity index (χ3n) is 5.42. The lowest BCUT2D eigenvalue weighted by Gasteiger charge is -2.07. The highest BCUT2D eigenvalue weighted by Crippen LogP contribution is 2.26. The van der Waals surface area contributed by atoms with E-state index in [9.17, 15) is 4.79 Å². The normalized spacial score (nSPS) is 10.8. The number of nitrogens with zero attached hydrogens (tertiary/aromatic N) is 2. The van der Waals surface area contributed by atoms with Gasteiger partial charge in [0.15, 0.2) is 5.76 Å². The van der Waals surface area contributed by atoms with Gasteiger partial charge in [-0.05, 0) is 58.5 Å². The maximum atomic E-state index is 12.7. The van der Waals surface area contributed by atoms with Gasteiger partial charge in [-0.1, -0.05) is 72.7 Å². The van der Waals surface area contributed by atoms with E-state index < -0.39 is 0 Å². The first kappa shape index (κ1) is 20.5. The van der Waals surface area contributed by atoms with Crippen molar-refractivity contribution >= 4 is 11.9 Å². The van der Waals surface area contributed by atoms with Gasteiger partial charge in [-0.2, -0.15) is 0 Å². The minimum atomic E-state index is -0.334. The van der Waals surface area contributed by atoms with Gasteiger partial charge in [0.1, 0.15) is 0 Å². The number of carbonyl (C=O) groups excluding carboxylic acids is 1. The fourth-order valence-electron chi connectivity index (χ4n) is 3.57. The maximum absolute atomic E-state index is 12.7. The molecule has 0 atom stereocenters. The Morgan fingerprint density at radius 3 is 2.18 bits per heavy atom. The monoisotopic (exact) mass is 435 g/mol. The standard InChI is InChI=1S/C27H21N3O3/c1-2-18-8-10-19(11-9-18)20-12-14-21(15-13-20)22-5-3-6-23(17-22)25(31)28-27-30-29-26(33-27)24-7-4-16-32-24/h3-17H,2H2,1H3,(H,28,30,31). The van der Waals surface area contributed by atoms with Gasteiger partial charge in [0.05, 0.1) is 6.26 Å². The molecule has 0 saturated carbocycles. The van der Waals surface area contributed by atoms with Crippen molar-refractivity contribution in [2.24, 2.45) is 0 Å². The summed E-state index contributed by atoms with van der Waals surface area (Å²) in [5, 5.41) is 10.4. The predicted molar refractivity (Wildman–Crippen MR) is 127 cm³/mol. The molecule has 0 aliphatic heterocycles. The molecule has 0 bridgehead atoms. The van der Waals surface area contributed by atoms with Gasteiger partial charge >= 0.3 is 6.01 Å². The Balaban J connectivity index is 1.31. The van der Waals surface area contributed by atoms with Gasteiger partial charge in [0.2, 0.25) is 0 Å². The Labute approximate surface area is 190 Å². The third kappa shape index (κ3) is 4.45. The minimum absolute atomic E-state index is 0.00949. The molecule has 6 heteroatoms. The van der Waals surface area contributed by atoms with E-state index in [1.54, 1.807) is 18.2 Å². The van der Waals surface area contributed by atoms with Gasteiger partial charge in [-0.15, -0.1) is 5.10 Å². The van der Waals surface area contributed by atoms with Gasteiger partial charge in [-0.25, -0.2) is 0 Å². The number of rotatable bonds is 6. The quantitative estimate of drug-likeness (QED) is 0.330. The first-order valence-corrected chi connectivity index (χ1v) is 10.7. The summed E-state index contributed by atoms with van der Waals surface area (Å²) in [4.78, 5) is 12.7. The molecule has 0 fully saturated rings. The van der Waals surface area contributed by atoms with Crippen LogP contribution in [-0.4, -0.2) is 16.1 Å². The second-order valence-electron chi connectivity index (χ2n) is 7.55. The summed E-state index contributed by atoms with van der Waals surface area (Å²) >= 11 is 0. The van der Waals surface area contributed by atoms with E-state index in [0.29, 0.717) is 11.3 Å². The molecular formula is C27H21N3O3. The summed E-state index contributed by atoms with van der Waals surface area (Å²) in [6.07, 6.45) is 2.54. The maximum Gasteiger partial charge on any atom is 0.322 e. The van der Waals surface area contributed by atoms with E-state index in [2.05, 4.69) is 71.0 Å². The average Bonchev–Trinajstić information content (AvgIpc) is 3.57. The van der Waals surface area contributed by atoms with Crippen LogP contribution >= 0.6 is 0 Å². The molecule has 2 heterocycles. The highest BCUT2D eigenvalue weighted by molar-refractivity contribution is 6.03. The Morgan fingerprint density at radius 1 is 0.818 bits per heavy atom. The molecule has 33 heavy (non-hydrogen) atoms. The van der Waals surface area contributed by atoms with Crippen LogP contribution in [0.25, 0.3) is 33.9 Å². The molecule has 2 aromatic heterocycles. The summed E-state index contributed by atoms with van der Waals surface area (Å²) in [7, 11) is 0. The molecule has 1 amide bonds. The van der Waals surface area contributed by atoms with Crippen molar-refractivity contribution in [2.45, 2.75) is 13.3 Å². The summed E-state index contributed by atoms with van der Waals surface area (Å²) in [6, 6.07) is 27.8. The van der Waals surface area contributed by atoms with E-state index in [0.717, 1.165) is 23.1 Å². The molecule has 0 aliphatic carbocycles. The summed E-state index contributed by atoms with van der Waals surface area (Å²) in [5.41, 5.74) is 6.11. The molecule has 0 unspecified atom stereocenters. The van der Waals surface area contributed by atoms with Crippen LogP contribution in [0.4, 0.5) is 6.01 Å². The van der Waals surface area contributed by atoms with Crippen LogP contribution in [0.2, 0.25) is 0 Å². The van der Waals surface area contributed by atoms with Crippen molar-refractivity contribution in [3.8, 4) is 33.9 Å². The Kier molecular flexibility index (Phi) is 5.55. The van der Waals surface area contributed by atoms with Gasteiger partial charge in [0, 0.05) is 5.56 Å². The Bertz CT molecular complexity index is 1370. The van der Waals surface area contributed by atoms with Crippen molar-refractivity contribution in [1.82, 2.24) is 10.2 Å². The number of amides is 1. The Morgan fingerprint density at radius 2 is 1.52 bits per heavy atom. The lowest BCUT2D eigenvalue weighted by molar-refractivity contribution is 0.102. The number of carbonyl (C=O) groups is 1. The zero-order chi connectivity index (χ0) is 22.6. The van der Waals surface area contributed by atoms with E-state index in [4.69, 9.17) is 8.83 Å². The molecule has 0 spiro atoms. The molecule has 5 rings (SSSR count). The van der Waals surface area contributed by atoms with Crippen LogP contribution in [-0.2, 0) is 6.42 Å². The summed E-state index contributed by atoms with van der Waals surface area (Å²) < 4.78 is 10.7. The molecule has 5 aromatic rings. The molecule has 162 valence electrons. The van der Waals surface area contributed by atoms with Crippen LogP contribution in [0.3, 0.4) is 0 Å². The van der Waals surface area contributed by atoms with Crippen LogP contribution in [0.1, 0.15) is 22.8 Å². The topological polar surface area (TPSA) is 81.2 Å². The number of benzene rings is 3. The number of aryl methyl sites for hydroxylation is 1. The van der Waals surface area contributed by atoms with Crippen LogP contribution < -0.4 is 5.32 Å². The van der Waals surface area contributed by atoms with E-state index >= 15 is 0 Å².